The molecule has 1 amide bonds. The highest BCUT2D eigenvalue weighted by Crippen LogP contribution is 2.34. The fraction of sp³-hybridized carbons (Fsp3) is 0.387. The number of hydrogen-bond donors (Lipinski definition) is 4. The van der Waals surface area contributed by atoms with Gasteiger partial charge in [0, 0.05) is 43.6 Å². The van der Waals surface area contributed by atoms with Gasteiger partial charge in [-0.1, -0.05) is 37.3 Å². The summed E-state index contributed by atoms with van der Waals surface area (Å²) in [6.45, 7) is 11.5. The van der Waals surface area contributed by atoms with Crippen molar-refractivity contribution in [3.8, 4) is 11.5 Å². The zero-order chi connectivity index (χ0) is 30.0. The van der Waals surface area contributed by atoms with Gasteiger partial charge < -0.3 is 30.4 Å². The molecule has 1 atom stereocenters. The van der Waals surface area contributed by atoms with Gasteiger partial charge in [-0.05, 0) is 49.7 Å². The molecule has 0 bridgehead atoms. The molecule has 4 aromatic rings. The molecule has 0 aliphatic carbocycles. The van der Waals surface area contributed by atoms with Crippen molar-refractivity contribution >= 4 is 23.4 Å². The van der Waals surface area contributed by atoms with Crippen LogP contribution in [0.5, 0.6) is 0 Å². The number of aliphatic hydroxyl groups is 1. The van der Waals surface area contributed by atoms with Crippen molar-refractivity contribution in [2.75, 3.05) is 50.0 Å². The number of anilines is 3. The quantitative estimate of drug-likeness (QED) is 0.218. The molecule has 0 spiro atoms. The summed E-state index contributed by atoms with van der Waals surface area (Å²) in [5.74, 6) is 1.51. The van der Waals surface area contributed by atoms with E-state index in [1.165, 1.54) is 0 Å². The summed E-state index contributed by atoms with van der Waals surface area (Å²) >= 11 is 0. The fourth-order valence-corrected chi connectivity index (χ4v) is 5.56. The van der Waals surface area contributed by atoms with Crippen LogP contribution in [0.3, 0.4) is 0 Å². The summed E-state index contributed by atoms with van der Waals surface area (Å²) in [7, 11) is 0. The van der Waals surface area contributed by atoms with Crippen molar-refractivity contribution in [2.45, 2.75) is 38.9 Å². The van der Waals surface area contributed by atoms with E-state index in [1.54, 1.807) is 12.3 Å². The van der Waals surface area contributed by atoms with Gasteiger partial charge in [-0.15, -0.1) is 10.2 Å². The van der Waals surface area contributed by atoms with Crippen LogP contribution in [-0.4, -0.2) is 80.3 Å². The second-order valence-electron chi connectivity index (χ2n) is 11.4. The first-order valence-corrected chi connectivity index (χ1v) is 14.6. The smallest absolute Gasteiger partial charge is 0.253 e. The highest BCUT2D eigenvalue weighted by Gasteiger charge is 2.35. The Morgan fingerprint density at radius 1 is 1.05 bits per heavy atom. The van der Waals surface area contributed by atoms with Crippen molar-refractivity contribution in [1.82, 2.24) is 35.3 Å². The number of rotatable bonds is 10. The monoisotopic (exact) mass is 583 g/mol. The number of likely N-dealkylation sites (N-methyl/N-ethyl adjacent to an activating group) is 1. The molecule has 1 saturated heterocycles. The van der Waals surface area contributed by atoms with Gasteiger partial charge >= 0.3 is 0 Å². The predicted molar refractivity (Wildman–Crippen MR) is 163 cm³/mol. The predicted octanol–water partition coefficient (Wildman–Crippen LogP) is 3.53. The minimum Gasteiger partial charge on any atom is -0.419 e. The summed E-state index contributed by atoms with van der Waals surface area (Å²) in [6.07, 6.45) is 1.64. The van der Waals surface area contributed by atoms with Crippen LogP contribution in [0.1, 0.15) is 54.2 Å². The van der Waals surface area contributed by atoms with Crippen molar-refractivity contribution in [1.29, 1.82) is 0 Å². The molecule has 224 valence electrons. The standard InChI is InChI=1S/C31H37N9O3/c1-4-39-12-14-40(15-13-39)18-26-37-38-29(43-26)23-17-32-30(35-27(23)34-25(19-41)20-8-6-5-7-9-20)33-21-10-11-22-24(16-21)31(2,3)36-28(22)42/h5-11,16-17,25,41H,4,12-15,18-19H2,1-3H3,(H,36,42)(H2,32,33,34,35). The second kappa shape index (κ2) is 12.1. The zero-order valence-corrected chi connectivity index (χ0v) is 24.7. The highest BCUT2D eigenvalue weighted by molar-refractivity contribution is 6.00. The van der Waals surface area contributed by atoms with Crippen LogP contribution < -0.4 is 16.0 Å². The second-order valence-corrected chi connectivity index (χ2v) is 11.4. The first-order valence-electron chi connectivity index (χ1n) is 14.6. The molecular weight excluding hydrogens is 546 g/mol. The number of aliphatic hydroxyl groups excluding tert-OH is 1. The summed E-state index contributed by atoms with van der Waals surface area (Å²) in [4.78, 5) is 26.4. The van der Waals surface area contributed by atoms with E-state index in [-0.39, 0.29) is 12.5 Å². The molecule has 0 saturated carbocycles. The van der Waals surface area contributed by atoms with E-state index in [0.717, 1.165) is 49.5 Å². The van der Waals surface area contributed by atoms with Crippen LogP contribution >= 0.6 is 0 Å². The normalized spacial score (nSPS) is 17.3. The van der Waals surface area contributed by atoms with Crippen LogP contribution in [0.25, 0.3) is 11.5 Å². The number of carbonyl (C=O) groups is 1. The third kappa shape index (κ3) is 6.21. The number of fused-ring (bicyclic) bond motifs is 1. The number of nitrogens with one attached hydrogen (secondary N) is 3. The van der Waals surface area contributed by atoms with Gasteiger partial charge in [-0.25, -0.2) is 4.98 Å². The molecule has 1 unspecified atom stereocenters. The first kappa shape index (κ1) is 28.7. The Hall–Kier alpha value is -4.39. The largest absolute Gasteiger partial charge is 0.419 e. The average Bonchev–Trinajstić information content (AvgIpc) is 3.57. The lowest BCUT2D eigenvalue weighted by atomic mass is 9.94. The van der Waals surface area contributed by atoms with Gasteiger partial charge in [0.1, 0.15) is 5.82 Å². The van der Waals surface area contributed by atoms with E-state index in [2.05, 4.69) is 47.9 Å². The van der Waals surface area contributed by atoms with Gasteiger partial charge in [0.05, 0.1) is 30.3 Å². The minimum atomic E-state index is -0.481. The van der Waals surface area contributed by atoms with Crippen molar-refractivity contribution < 1.29 is 14.3 Å². The fourth-order valence-electron chi connectivity index (χ4n) is 5.56. The van der Waals surface area contributed by atoms with E-state index >= 15 is 0 Å². The van der Waals surface area contributed by atoms with Gasteiger partial charge in [0.15, 0.2) is 0 Å². The number of amides is 1. The number of piperazine rings is 1. The molecule has 12 heteroatoms. The van der Waals surface area contributed by atoms with E-state index in [1.807, 2.05) is 56.3 Å². The maximum atomic E-state index is 12.3. The summed E-state index contributed by atoms with van der Waals surface area (Å²) in [6, 6.07) is 14.8. The molecule has 0 radical (unpaired) electrons. The minimum absolute atomic E-state index is 0.0864. The van der Waals surface area contributed by atoms with Gasteiger partial charge in [-0.2, -0.15) is 4.98 Å². The molecule has 2 aromatic carbocycles. The first-order chi connectivity index (χ1) is 20.8. The van der Waals surface area contributed by atoms with E-state index in [9.17, 15) is 9.90 Å². The maximum absolute atomic E-state index is 12.3. The SMILES string of the molecule is CCN1CCN(Cc2nnc(-c3cnc(Nc4ccc5c(c4)C(C)(C)NC5=O)nc3NC(CO)c3ccccc3)o2)CC1. The lowest BCUT2D eigenvalue weighted by molar-refractivity contribution is 0.0940. The Bertz CT molecular complexity index is 1580. The number of carbonyl (C=O) groups excluding carboxylic acids is 1. The Balaban J connectivity index is 1.28. The molecule has 43 heavy (non-hydrogen) atoms. The van der Waals surface area contributed by atoms with Gasteiger partial charge in [0.25, 0.3) is 11.8 Å². The summed E-state index contributed by atoms with van der Waals surface area (Å²) < 4.78 is 6.11. The van der Waals surface area contributed by atoms with Gasteiger partial charge in [0.2, 0.25) is 11.8 Å². The molecule has 2 aromatic heterocycles. The summed E-state index contributed by atoms with van der Waals surface area (Å²) in [5.41, 5.74) is 3.25. The number of aromatic nitrogens is 4. The molecule has 6 rings (SSSR count). The van der Waals surface area contributed by atoms with Crippen molar-refractivity contribution in [3.05, 3.63) is 77.3 Å². The van der Waals surface area contributed by atoms with Crippen LogP contribution in [0.4, 0.5) is 17.5 Å². The molecule has 4 heterocycles. The van der Waals surface area contributed by atoms with Crippen LogP contribution in [-0.2, 0) is 12.1 Å². The topological polar surface area (TPSA) is 145 Å². The van der Waals surface area contributed by atoms with E-state index < -0.39 is 11.6 Å². The van der Waals surface area contributed by atoms with Crippen molar-refractivity contribution in [2.24, 2.45) is 0 Å². The van der Waals surface area contributed by atoms with Crippen LogP contribution in [0.2, 0.25) is 0 Å². The summed E-state index contributed by atoms with van der Waals surface area (Å²) in [5, 5.41) is 28.5. The van der Waals surface area contributed by atoms with Crippen LogP contribution in [0.15, 0.2) is 59.1 Å². The number of hydrogen-bond acceptors (Lipinski definition) is 11. The van der Waals surface area contributed by atoms with Crippen molar-refractivity contribution in [3.63, 3.8) is 0 Å². The van der Waals surface area contributed by atoms with Crippen LogP contribution in [0, 0.1) is 0 Å². The molecule has 2 aliphatic rings. The lowest BCUT2D eigenvalue weighted by Gasteiger charge is -2.33. The highest BCUT2D eigenvalue weighted by atomic mass is 16.4. The molecular formula is C31H37N9O3. The Labute approximate surface area is 250 Å². The Morgan fingerprint density at radius 2 is 1.81 bits per heavy atom. The average molecular weight is 584 g/mol. The maximum Gasteiger partial charge on any atom is 0.253 e. The third-order valence-electron chi connectivity index (χ3n) is 8.07. The van der Waals surface area contributed by atoms with E-state index in [0.29, 0.717) is 41.2 Å². The molecule has 1 fully saturated rings. The Kier molecular flexibility index (Phi) is 8.06. The van der Waals surface area contributed by atoms with Gasteiger partial charge in [-0.3, -0.25) is 9.69 Å². The molecule has 4 N–H and O–H groups in total. The molecule has 12 nitrogen and oxygen atoms in total. The number of nitrogens with zero attached hydrogens (tertiary/aromatic N) is 6. The van der Waals surface area contributed by atoms with E-state index in [4.69, 9.17) is 9.40 Å². The number of benzene rings is 2. The lowest BCUT2D eigenvalue weighted by Crippen LogP contribution is -2.45. The zero-order valence-electron chi connectivity index (χ0n) is 24.7. The Morgan fingerprint density at radius 3 is 2.56 bits per heavy atom. The molecule has 2 aliphatic heterocycles. The third-order valence-corrected chi connectivity index (χ3v) is 8.07.